The van der Waals surface area contributed by atoms with Gasteiger partial charge < -0.3 is 5.11 Å². The summed E-state index contributed by atoms with van der Waals surface area (Å²) in [6.07, 6.45) is 5.61. The van der Waals surface area contributed by atoms with Crippen LogP contribution in [0.15, 0.2) is 24.3 Å². The van der Waals surface area contributed by atoms with Crippen LogP contribution in [0.25, 0.3) is 0 Å². The normalized spacial score (nSPS) is 18.6. The third kappa shape index (κ3) is 4.50. The molecule has 0 radical (unpaired) electrons. The van der Waals surface area contributed by atoms with Crippen LogP contribution < -0.4 is 0 Å². The maximum absolute atomic E-state index is 10.3. The lowest BCUT2D eigenvalue weighted by molar-refractivity contribution is 0.0733. The Bertz CT molecular complexity index is 464. The lowest BCUT2D eigenvalue weighted by Gasteiger charge is -2.35. The number of β-amino-alcohol motifs (C(OH)–C–C–N with tert-alkyl or cyclic N) is 1. The van der Waals surface area contributed by atoms with Crippen LogP contribution in [0.3, 0.4) is 0 Å². The standard InChI is InChI=1S/C16H21ClN2O/c1-2-3-7-18-8-10-19(11-9-18)13-16(20)14-5-4-6-15(17)12-14/h1,4-6,12,16,20H,3,7-11,13H2. The summed E-state index contributed by atoms with van der Waals surface area (Å²) in [5, 5.41) is 10.9. The van der Waals surface area contributed by atoms with Crippen LogP contribution in [-0.4, -0.2) is 54.2 Å². The molecule has 1 aromatic carbocycles. The number of rotatable bonds is 5. The number of halogens is 1. The molecule has 0 bridgehead atoms. The zero-order valence-corrected chi connectivity index (χ0v) is 12.4. The second-order valence-electron chi connectivity index (χ2n) is 5.17. The summed E-state index contributed by atoms with van der Waals surface area (Å²) < 4.78 is 0. The van der Waals surface area contributed by atoms with Gasteiger partial charge in [-0.15, -0.1) is 12.3 Å². The van der Waals surface area contributed by atoms with E-state index in [0.29, 0.717) is 11.6 Å². The molecule has 1 unspecified atom stereocenters. The van der Waals surface area contributed by atoms with Crippen LogP contribution >= 0.6 is 11.6 Å². The molecule has 1 saturated heterocycles. The maximum Gasteiger partial charge on any atom is 0.0917 e. The summed E-state index contributed by atoms with van der Waals surface area (Å²) in [5.74, 6) is 2.68. The molecule has 0 saturated carbocycles. The van der Waals surface area contributed by atoms with Crippen molar-refractivity contribution in [2.45, 2.75) is 12.5 Å². The highest BCUT2D eigenvalue weighted by molar-refractivity contribution is 6.30. The van der Waals surface area contributed by atoms with Crippen LogP contribution in [0.4, 0.5) is 0 Å². The van der Waals surface area contributed by atoms with Crippen molar-refractivity contribution >= 4 is 11.6 Å². The molecule has 1 atom stereocenters. The molecule has 0 aromatic heterocycles. The number of nitrogens with zero attached hydrogens (tertiary/aromatic N) is 2. The predicted octanol–water partition coefficient (Wildman–Crippen LogP) is 2.01. The molecule has 108 valence electrons. The van der Waals surface area contributed by atoms with Gasteiger partial charge in [0.2, 0.25) is 0 Å². The Morgan fingerprint density at radius 3 is 2.60 bits per heavy atom. The number of terminal acetylenes is 1. The molecule has 1 N–H and O–H groups in total. The van der Waals surface area contributed by atoms with E-state index < -0.39 is 6.10 Å². The van der Waals surface area contributed by atoms with Crippen LogP contribution in [-0.2, 0) is 0 Å². The Hall–Kier alpha value is -1.05. The van der Waals surface area contributed by atoms with E-state index in [4.69, 9.17) is 18.0 Å². The Kier molecular flexibility index (Phi) is 5.87. The molecule has 4 heteroatoms. The summed E-state index contributed by atoms with van der Waals surface area (Å²) in [6, 6.07) is 7.44. The summed E-state index contributed by atoms with van der Waals surface area (Å²) >= 11 is 5.95. The van der Waals surface area contributed by atoms with Gasteiger partial charge in [-0.25, -0.2) is 0 Å². The Balaban J connectivity index is 1.79. The van der Waals surface area contributed by atoms with Gasteiger partial charge in [0.05, 0.1) is 6.10 Å². The molecular formula is C16H21ClN2O. The Morgan fingerprint density at radius 2 is 1.95 bits per heavy atom. The summed E-state index contributed by atoms with van der Waals surface area (Å²) in [4.78, 5) is 4.67. The Morgan fingerprint density at radius 1 is 1.25 bits per heavy atom. The minimum Gasteiger partial charge on any atom is -0.387 e. The molecule has 0 amide bonds. The molecule has 0 aliphatic carbocycles. The van der Waals surface area contributed by atoms with E-state index in [0.717, 1.165) is 44.7 Å². The number of benzene rings is 1. The molecular weight excluding hydrogens is 272 g/mol. The smallest absolute Gasteiger partial charge is 0.0917 e. The zero-order valence-electron chi connectivity index (χ0n) is 11.6. The molecule has 0 spiro atoms. The van der Waals surface area contributed by atoms with Gasteiger partial charge in [0.1, 0.15) is 0 Å². The van der Waals surface area contributed by atoms with E-state index in [1.807, 2.05) is 24.3 Å². The van der Waals surface area contributed by atoms with Crippen molar-refractivity contribution in [2.24, 2.45) is 0 Å². The van der Waals surface area contributed by atoms with E-state index in [1.54, 1.807) is 0 Å². The lowest BCUT2D eigenvalue weighted by Crippen LogP contribution is -2.47. The first kappa shape index (κ1) is 15.3. The number of hydrogen-bond acceptors (Lipinski definition) is 3. The summed E-state index contributed by atoms with van der Waals surface area (Å²) in [5.41, 5.74) is 0.882. The average Bonchev–Trinajstić information content (AvgIpc) is 2.46. The fraction of sp³-hybridized carbons (Fsp3) is 0.500. The van der Waals surface area contributed by atoms with Crippen molar-refractivity contribution in [1.29, 1.82) is 0 Å². The highest BCUT2D eigenvalue weighted by atomic mass is 35.5. The molecule has 1 heterocycles. The van der Waals surface area contributed by atoms with Crippen molar-refractivity contribution in [2.75, 3.05) is 39.3 Å². The third-order valence-corrected chi connectivity index (χ3v) is 3.94. The Labute approximate surface area is 126 Å². The highest BCUT2D eigenvalue weighted by Crippen LogP contribution is 2.19. The van der Waals surface area contributed by atoms with Gasteiger partial charge in [-0.1, -0.05) is 23.7 Å². The topological polar surface area (TPSA) is 26.7 Å². The van der Waals surface area contributed by atoms with Gasteiger partial charge in [-0.2, -0.15) is 0 Å². The second-order valence-corrected chi connectivity index (χ2v) is 5.60. The SMILES string of the molecule is C#CCCN1CCN(CC(O)c2cccc(Cl)c2)CC1. The molecule has 3 nitrogen and oxygen atoms in total. The van der Waals surface area contributed by atoms with Crippen molar-refractivity contribution in [3.05, 3.63) is 34.9 Å². The minimum atomic E-state index is -0.481. The van der Waals surface area contributed by atoms with E-state index in [1.165, 1.54) is 0 Å². The predicted molar refractivity (Wildman–Crippen MR) is 82.7 cm³/mol. The van der Waals surface area contributed by atoms with Crippen molar-refractivity contribution in [3.63, 3.8) is 0 Å². The van der Waals surface area contributed by atoms with Crippen molar-refractivity contribution < 1.29 is 5.11 Å². The molecule has 1 aliphatic heterocycles. The van der Waals surface area contributed by atoms with Crippen LogP contribution in [0, 0.1) is 12.3 Å². The van der Waals surface area contributed by atoms with Crippen molar-refractivity contribution in [3.8, 4) is 12.3 Å². The first-order valence-corrected chi connectivity index (χ1v) is 7.38. The first-order valence-electron chi connectivity index (χ1n) is 7.01. The fourth-order valence-corrected chi connectivity index (χ4v) is 2.68. The number of hydrogen-bond donors (Lipinski definition) is 1. The second kappa shape index (κ2) is 7.66. The summed E-state index contributed by atoms with van der Waals surface area (Å²) in [7, 11) is 0. The van der Waals surface area contributed by atoms with Gasteiger partial charge in [-0.05, 0) is 17.7 Å². The van der Waals surface area contributed by atoms with Gasteiger partial charge >= 0.3 is 0 Å². The number of aliphatic hydroxyl groups is 1. The molecule has 1 aliphatic rings. The van der Waals surface area contributed by atoms with E-state index in [-0.39, 0.29) is 0 Å². The molecule has 1 aromatic rings. The minimum absolute atomic E-state index is 0.481. The molecule has 2 rings (SSSR count). The monoisotopic (exact) mass is 292 g/mol. The third-order valence-electron chi connectivity index (χ3n) is 3.70. The van der Waals surface area contributed by atoms with Gasteiger partial charge in [0.15, 0.2) is 0 Å². The first-order chi connectivity index (χ1) is 9.69. The van der Waals surface area contributed by atoms with E-state index in [2.05, 4.69) is 15.7 Å². The summed E-state index contributed by atoms with van der Waals surface area (Å²) in [6.45, 7) is 5.61. The number of piperazine rings is 1. The molecule has 20 heavy (non-hydrogen) atoms. The van der Waals surface area contributed by atoms with Gasteiger partial charge in [0.25, 0.3) is 0 Å². The molecule has 1 fully saturated rings. The quantitative estimate of drug-likeness (QED) is 0.841. The zero-order chi connectivity index (χ0) is 14.4. The largest absolute Gasteiger partial charge is 0.387 e. The lowest BCUT2D eigenvalue weighted by atomic mass is 10.1. The fourth-order valence-electron chi connectivity index (χ4n) is 2.48. The van der Waals surface area contributed by atoms with Crippen molar-refractivity contribution in [1.82, 2.24) is 9.80 Å². The van der Waals surface area contributed by atoms with E-state index >= 15 is 0 Å². The van der Waals surface area contributed by atoms with E-state index in [9.17, 15) is 5.11 Å². The number of aliphatic hydroxyl groups excluding tert-OH is 1. The highest BCUT2D eigenvalue weighted by Gasteiger charge is 2.19. The maximum atomic E-state index is 10.3. The van der Waals surface area contributed by atoms with Gasteiger partial charge in [0, 0.05) is 50.7 Å². The van der Waals surface area contributed by atoms with Crippen LogP contribution in [0.2, 0.25) is 5.02 Å². The average molecular weight is 293 g/mol. The van der Waals surface area contributed by atoms with Crippen LogP contribution in [0.5, 0.6) is 0 Å². The van der Waals surface area contributed by atoms with Gasteiger partial charge in [-0.3, -0.25) is 9.80 Å². The van der Waals surface area contributed by atoms with Crippen LogP contribution in [0.1, 0.15) is 18.1 Å².